The van der Waals surface area contributed by atoms with Gasteiger partial charge in [-0.15, -0.1) is 0 Å². The molecule has 2 N–H and O–H groups in total. The number of nitrogens with zero attached hydrogens (tertiary/aromatic N) is 2. The van der Waals surface area contributed by atoms with Crippen LogP contribution in [0, 0.1) is 0 Å². The molecule has 0 saturated carbocycles. The van der Waals surface area contributed by atoms with Gasteiger partial charge in [-0.05, 0) is 64.4 Å². The lowest BCUT2D eigenvalue weighted by atomic mass is 9.99. The highest BCUT2D eigenvalue weighted by molar-refractivity contribution is 6.20. The van der Waals surface area contributed by atoms with E-state index in [1.807, 2.05) is 18.3 Å². The Bertz CT molecular complexity index is 2420. The van der Waals surface area contributed by atoms with E-state index in [1.54, 1.807) is 0 Å². The molecule has 0 fully saturated rings. The summed E-state index contributed by atoms with van der Waals surface area (Å²) in [6.07, 6.45) is 12.7. The van der Waals surface area contributed by atoms with Crippen molar-refractivity contribution >= 4 is 49.0 Å². The molecule has 4 heteroatoms. The number of hydrogen-bond donors (Lipinski definition) is 2. The Morgan fingerprint density at radius 3 is 2.33 bits per heavy atom. The van der Waals surface area contributed by atoms with Gasteiger partial charge in [-0.25, -0.2) is 0 Å². The van der Waals surface area contributed by atoms with Gasteiger partial charge in [0.15, 0.2) is 0 Å². The summed E-state index contributed by atoms with van der Waals surface area (Å²) in [7, 11) is 0. The van der Waals surface area contributed by atoms with Crippen molar-refractivity contribution in [2.75, 3.05) is 13.1 Å². The Morgan fingerprint density at radius 2 is 1.47 bits per heavy atom. The molecular formula is C41H30N4. The van der Waals surface area contributed by atoms with E-state index in [4.69, 9.17) is 0 Å². The maximum Gasteiger partial charge on any atom is 0.0702 e. The molecule has 7 aromatic rings. The van der Waals surface area contributed by atoms with Crippen LogP contribution in [-0.2, 0) is 0 Å². The Morgan fingerprint density at radius 1 is 0.600 bits per heavy atom. The molecule has 2 aromatic heterocycles. The maximum atomic E-state index is 4.66. The largest absolute Gasteiger partial charge is 0.381 e. The minimum absolute atomic E-state index is 0.795. The van der Waals surface area contributed by atoms with Crippen molar-refractivity contribution in [1.82, 2.24) is 20.2 Å². The minimum atomic E-state index is 0.795. The SMILES string of the molecule is C1=CCNC(C2=CC=C(c3ccc4c(ccc5c6ccc(-c7ccccn7)cc6n(-c6cccc7ccccc67)c45)c3)NC2)=C1. The fourth-order valence-electron chi connectivity index (χ4n) is 6.91. The highest BCUT2D eigenvalue weighted by Crippen LogP contribution is 2.40. The van der Waals surface area contributed by atoms with E-state index in [-0.39, 0.29) is 0 Å². The molecule has 0 spiro atoms. The highest BCUT2D eigenvalue weighted by Gasteiger charge is 2.19. The van der Waals surface area contributed by atoms with E-state index in [0.717, 1.165) is 30.0 Å². The molecule has 0 radical (unpaired) electrons. The number of allylic oxidation sites excluding steroid dienone is 4. The number of dihydropyridines is 2. The van der Waals surface area contributed by atoms with Crippen LogP contribution in [0.25, 0.3) is 66.0 Å². The molecule has 0 atom stereocenters. The number of aromatic nitrogens is 2. The van der Waals surface area contributed by atoms with Crippen LogP contribution in [0.4, 0.5) is 0 Å². The van der Waals surface area contributed by atoms with Crippen molar-refractivity contribution in [2.45, 2.75) is 0 Å². The van der Waals surface area contributed by atoms with Crippen molar-refractivity contribution in [3.8, 4) is 16.9 Å². The van der Waals surface area contributed by atoms with Crippen LogP contribution in [-0.4, -0.2) is 22.6 Å². The molecule has 4 nitrogen and oxygen atoms in total. The van der Waals surface area contributed by atoms with Gasteiger partial charge in [0.2, 0.25) is 0 Å². The topological polar surface area (TPSA) is 41.9 Å². The van der Waals surface area contributed by atoms with Crippen LogP contribution in [0.3, 0.4) is 0 Å². The van der Waals surface area contributed by atoms with E-state index >= 15 is 0 Å². The van der Waals surface area contributed by atoms with E-state index in [2.05, 4.69) is 148 Å². The Balaban J connectivity index is 1.27. The van der Waals surface area contributed by atoms with Crippen LogP contribution in [0.1, 0.15) is 5.56 Å². The van der Waals surface area contributed by atoms with Crippen LogP contribution in [0.2, 0.25) is 0 Å². The van der Waals surface area contributed by atoms with Crippen LogP contribution >= 0.6 is 0 Å². The first kappa shape index (κ1) is 25.6. The van der Waals surface area contributed by atoms with Gasteiger partial charge in [0.25, 0.3) is 0 Å². The van der Waals surface area contributed by atoms with Crippen LogP contribution < -0.4 is 10.6 Å². The number of fused-ring (bicyclic) bond motifs is 6. The second-order valence-corrected chi connectivity index (χ2v) is 11.7. The molecule has 9 rings (SSSR count). The zero-order valence-corrected chi connectivity index (χ0v) is 24.7. The smallest absolute Gasteiger partial charge is 0.0702 e. The summed E-state index contributed by atoms with van der Waals surface area (Å²) in [5.74, 6) is 0. The summed E-state index contributed by atoms with van der Waals surface area (Å²) in [5, 5.41) is 14.5. The normalized spacial score (nSPS) is 14.7. The lowest BCUT2D eigenvalue weighted by Crippen LogP contribution is -2.25. The first-order valence-electron chi connectivity index (χ1n) is 15.5. The van der Waals surface area contributed by atoms with Crippen molar-refractivity contribution in [3.05, 3.63) is 163 Å². The summed E-state index contributed by atoms with van der Waals surface area (Å²) in [4.78, 5) is 4.66. The van der Waals surface area contributed by atoms with E-state index in [1.165, 1.54) is 65.9 Å². The molecule has 5 aromatic carbocycles. The van der Waals surface area contributed by atoms with E-state index in [0.29, 0.717) is 0 Å². The Labute approximate surface area is 261 Å². The molecule has 45 heavy (non-hydrogen) atoms. The van der Waals surface area contributed by atoms with Gasteiger partial charge in [0.05, 0.1) is 22.4 Å². The lowest BCUT2D eigenvalue weighted by molar-refractivity contribution is 0.852. The first-order chi connectivity index (χ1) is 22.3. The third-order valence-corrected chi connectivity index (χ3v) is 9.10. The fraction of sp³-hybridized carbons (Fsp3) is 0.0488. The quantitative estimate of drug-likeness (QED) is 0.219. The van der Waals surface area contributed by atoms with Gasteiger partial charge < -0.3 is 15.2 Å². The predicted molar refractivity (Wildman–Crippen MR) is 188 cm³/mol. The first-order valence-corrected chi connectivity index (χ1v) is 15.5. The third kappa shape index (κ3) is 4.26. The second-order valence-electron chi connectivity index (χ2n) is 11.7. The van der Waals surface area contributed by atoms with Gasteiger partial charge in [0, 0.05) is 57.8 Å². The fourth-order valence-corrected chi connectivity index (χ4v) is 6.91. The monoisotopic (exact) mass is 578 g/mol. The number of pyridine rings is 1. The number of benzene rings is 5. The molecule has 214 valence electrons. The zero-order valence-electron chi connectivity index (χ0n) is 24.7. The summed E-state index contributed by atoms with van der Waals surface area (Å²) in [6.45, 7) is 1.67. The average Bonchev–Trinajstić information content (AvgIpc) is 3.46. The highest BCUT2D eigenvalue weighted by atomic mass is 15.0. The Hall–Kier alpha value is -5.87. The number of rotatable bonds is 4. The summed E-state index contributed by atoms with van der Waals surface area (Å²) < 4.78 is 2.47. The predicted octanol–water partition coefficient (Wildman–Crippen LogP) is 9.07. The summed E-state index contributed by atoms with van der Waals surface area (Å²) in [5.41, 5.74) is 10.4. The van der Waals surface area contributed by atoms with E-state index in [9.17, 15) is 0 Å². The standard InChI is InChI=1S/C41H30N4/c1-2-10-32-27(8-1)9-7-13-39(32)45-40-25-30(36-11-3-5-22-42-36)16-19-34(40)35-20-14-28-24-29(15-18-33(28)41(35)45)38-21-17-31(26-44-38)37-12-4-6-23-43-37/h1-22,24-25,43-44H,23,26H2. The van der Waals surface area contributed by atoms with Gasteiger partial charge in [0.1, 0.15) is 0 Å². The van der Waals surface area contributed by atoms with Gasteiger partial charge in [-0.3, -0.25) is 4.98 Å². The molecular weight excluding hydrogens is 548 g/mol. The molecule has 0 bridgehead atoms. The van der Waals surface area contributed by atoms with Crippen molar-refractivity contribution in [3.63, 3.8) is 0 Å². The van der Waals surface area contributed by atoms with Crippen LogP contribution in [0.15, 0.2) is 157 Å². The second kappa shape index (κ2) is 10.4. The van der Waals surface area contributed by atoms with Crippen molar-refractivity contribution in [1.29, 1.82) is 0 Å². The summed E-state index contributed by atoms with van der Waals surface area (Å²) >= 11 is 0. The van der Waals surface area contributed by atoms with E-state index < -0.39 is 0 Å². The third-order valence-electron chi connectivity index (χ3n) is 9.10. The number of nitrogens with one attached hydrogen (secondary N) is 2. The molecule has 2 aliphatic rings. The maximum absolute atomic E-state index is 4.66. The molecule has 4 heterocycles. The molecule has 0 aliphatic carbocycles. The van der Waals surface area contributed by atoms with Crippen LogP contribution in [0.5, 0.6) is 0 Å². The van der Waals surface area contributed by atoms with Gasteiger partial charge in [-0.1, -0.05) is 97.1 Å². The molecule has 0 unspecified atom stereocenters. The van der Waals surface area contributed by atoms with Gasteiger partial charge in [-0.2, -0.15) is 0 Å². The minimum Gasteiger partial charge on any atom is -0.381 e. The molecule has 0 saturated heterocycles. The molecule has 0 amide bonds. The summed E-state index contributed by atoms with van der Waals surface area (Å²) in [6, 6.07) is 39.5. The number of hydrogen-bond acceptors (Lipinski definition) is 3. The lowest BCUT2D eigenvalue weighted by Gasteiger charge is -2.21. The van der Waals surface area contributed by atoms with Gasteiger partial charge >= 0.3 is 0 Å². The zero-order chi connectivity index (χ0) is 29.7. The van der Waals surface area contributed by atoms with Crippen molar-refractivity contribution in [2.24, 2.45) is 0 Å². The molecule has 2 aliphatic heterocycles. The Kier molecular flexibility index (Phi) is 5.91. The average molecular weight is 579 g/mol. The van der Waals surface area contributed by atoms with Crippen molar-refractivity contribution < 1.29 is 0 Å².